The highest BCUT2D eigenvalue weighted by molar-refractivity contribution is 5.70. The Morgan fingerprint density at radius 3 is 1.95 bits per heavy atom. The number of anilines is 2. The first-order valence-corrected chi connectivity index (χ1v) is 12.6. The van der Waals surface area contributed by atoms with Crippen LogP contribution >= 0.6 is 0 Å². The van der Waals surface area contributed by atoms with Crippen LogP contribution in [0.5, 0.6) is 0 Å². The summed E-state index contributed by atoms with van der Waals surface area (Å²) in [5, 5.41) is 15.3. The zero-order chi connectivity index (χ0) is 25.5. The molecule has 2 heterocycles. The number of hydrogen-bond acceptors (Lipinski definition) is 7. The van der Waals surface area contributed by atoms with Crippen molar-refractivity contribution >= 4 is 17.3 Å². The third-order valence-corrected chi connectivity index (χ3v) is 6.74. The number of rotatable bonds is 9. The third kappa shape index (κ3) is 5.76. The van der Waals surface area contributed by atoms with Crippen LogP contribution < -0.4 is 10.2 Å². The van der Waals surface area contributed by atoms with Crippen molar-refractivity contribution in [3.05, 3.63) is 124 Å². The van der Waals surface area contributed by atoms with Crippen molar-refractivity contribution in [1.29, 1.82) is 0 Å². The number of benzene rings is 3. The van der Waals surface area contributed by atoms with Gasteiger partial charge in [0.15, 0.2) is 0 Å². The van der Waals surface area contributed by atoms with Crippen molar-refractivity contribution in [2.75, 3.05) is 42.9 Å². The first-order chi connectivity index (χ1) is 18.2. The molecule has 37 heavy (non-hydrogen) atoms. The maximum atomic E-state index is 12.1. The standard InChI is InChI=1S/C29H30N6O2/c36-35(37)27-28(30-17-16-23-10-4-1-5-11-23)31-22-32-29(27)34-20-18-33(19-21-34)26(24-12-6-2-7-13-24)25-14-8-3-9-15-25/h1-15,22,26H,16-21H2,(H,30,31,32). The van der Waals surface area contributed by atoms with Gasteiger partial charge >= 0.3 is 5.69 Å². The van der Waals surface area contributed by atoms with Gasteiger partial charge in [-0.05, 0) is 23.1 Å². The number of piperazine rings is 1. The summed E-state index contributed by atoms with van der Waals surface area (Å²) in [7, 11) is 0. The average Bonchev–Trinajstić information content (AvgIpc) is 2.95. The van der Waals surface area contributed by atoms with Crippen molar-refractivity contribution in [3.63, 3.8) is 0 Å². The summed E-state index contributed by atoms with van der Waals surface area (Å²) in [5.74, 6) is 0.637. The molecule has 8 nitrogen and oxygen atoms in total. The summed E-state index contributed by atoms with van der Waals surface area (Å²) in [4.78, 5) is 24.7. The van der Waals surface area contributed by atoms with Gasteiger partial charge in [-0.25, -0.2) is 9.97 Å². The van der Waals surface area contributed by atoms with Gasteiger partial charge in [0.05, 0.1) is 11.0 Å². The van der Waals surface area contributed by atoms with Gasteiger partial charge in [0.1, 0.15) is 6.33 Å². The van der Waals surface area contributed by atoms with Crippen LogP contribution in [0.3, 0.4) is 0 Å². The van der Waals surface area contributed by atoms with Crippen LogP contribution in [0.1, 0.15) is 22.7 Å². The van der Waals surface area contributed by atoms with Crippen LogP contribution in [0.25, 0.3) is 0 Å². The minimum atomic E-state index is -0.372. The van der Waals surface area contributed by atoms with E-state index >= 15 is 0 Å². The highest BCUT2D eigenvalue weighted by Crippen LogP contribution is 2.34. The van der Waals surface area contributed by atoms with E-state index in [0.29, 0.717) is 25.5 Å². The molecular formula is C29H30N6O2. The van der Waals surface area contributed by atoms with E-state index in [1.54, 1.807) is 0 Å². The Morgan fingerprint density at radius 1 is 0.811 bits per heavy atom. The smallest absolute Gasteiger partial charge is 0.353 e. The average molecular weight is 495 g/mol. The van der Waals surface area contributed by atoms with Gasteiger partial charge in [-0.1, -0.05) is 91.0 Å². The maximum Gasteiger partial charge on any atom is 0.353 e. The van der Waals surface area contributed by atoms with Crippen molar-refractivity contribution in [3.8, 4) is 0 Å². The van der Waals surface area contributed by atoms with E-state index in [2.05, 4.69) is 68.7 Å². The molecule has 0 aliphatic carbocycles. The summed E-state index contributed by atoms with van der Waals surface area (Å²) in [6.45, 7) is 3.33. The van der Waals surface area contributed by atoms with E-state index in [4.69, 9.17) is 0 Å². The maximum absolute atomic E-state index is 12.1. The minimum Gasteiger partial charge on any atom is -0.364 e. The molecule has 1 saturated heterocycles. The highest BCUT2D eigenvalue weighted by atomic mass is 16.6. The Kier molecular flexibility index (Phi) is 7.66. The molecule has 0 spiro atoms. The summed E-state index contributed by atoms with van der Waals surface area (Å²) in [6.07, 6.45) is 2.16. The largest absolute Gasteiger partial charge is 0.364 e. The van der Waals surface area contributed by atoms with Crippen LogP contribution in [-0.2, 0) is 6.42 Å². The lowest BCUT2D eigenvalue weighted by atomic mass is 9.96. The lowest BCUT2D eigenvalue weighted by Crippen LogP contribution is -2.48. The van der Waals surface area contributed by atoms with Gasteiger partial charge in [0.2, 0.25) is 11.6 Å². The molecular weight excluding hydrogens is 464 g/mol. The molecule has 4 aromatic rings. The number of nitro groups is 1. The van der Waals surface area contributed by atoms with Gasteiger partial charge < -0.3 is 10.2 Å². The lowest BCUT2D eigenvalue weighted by Gasteiger charge is -2.40. The van der Waals surface area contributed by atoms with Gasteiger partial charge in [-0.2, -0.15) is 0 Å². The zero-order valence-corrected chi connectivity index (χ0v) is 20.6. The first-order valence-electron chi connectivity index (χ1n) is 12.6. The molecule has 0 amide bonds. The van der Waals surface area contributed by atoms with E-state index in [9.17, 15) is 10.1 Å². The molecule has 8 heteroatoms. The summed E-state index contributed by atoms with van der Waals surface area (Å²) >= 11 is 0. The Morgan fingerprint density at radius 2 is 1.38 bits per heavy atom. The van der Waals surface area contributed by atoms with Crippen LogP contribution in [0, 0.1) is 10.1 Å². The highest BCUT2D eigenvalue weighted by Gasteiger charge is 2.31. The molecule has 0 radical (unpaired) electrons. The summed E-state index contributed by atoms with van der Waals surface area (Å²) in [5.41, 5.74) is 3.57. The van der Waals surface area contributed by atoms with Crippen molar-refractivity contribution in [1.82, 2.24) is 14.9 Å². The Bertz CT molecular complexity index is 1260. The number of aromatic nitrogens is 2. The predicted molar refractivity (Wildman–Crippen MR) is 146 cm³/mol. The monoisotopic (exact) mass is 494 g/mol. The summed E-state index contributed by atoms with van der Waals surface area (Å²) < 4.78 is 0. The van der Waals surface area contributed by atoms with E-state index in [1.165, 1.54) is 17.5 Å². The van der Waals surface area contributed by atoms with Gasteiger partial charge in [-0.3, -0.25) is 15.0 Å². The van der Waals surface area contributed by atoms with Crippen molar-refractivity contribution in [2.45, 2.75) is 12.5 Å². The fourth-order valence-corrected chi connectivity index (χ4v) is 4.94. The molecule has 1 N–H and O–H groups in total. The van der Waals surface area contributed by atoms with E-state index < -0.39 is 0 Å². The zero-order valence-electron chi connectivity index (χ0n) is 20.6. The summed E-state index contributed by atoms with van der Waals surface area (Å²) in [6, 6.07) is 31.1. The van der Waals surface area contributed by atoms with Crippen LogP contribution in [0.4, 0.5) is 17.3 Å². The molecule has 1 aliphatic heterocycles. The lowest BCUT2D eigenvalue weighted by molar-refractivity contribution is -0.383. The number of hydrogen-bond donors (Lipinski definition) is 1. The second kappa shape index (κ2) is 11.6. The molecule has 188 valence electrons. The van der Waals surface area contributed by atoms with Crippen molar-refractivity contribution in [2.24, 2.45) is 0 Å². The van der Waals surface area contributed by atoms with E-state index in [0.717, 1.165) is 25.1 Å². The van der Waals surface area contributed by atoms with E-state index in [1.807, 2.05) is 47.4 Å². The fourth-order valence-electron chi connectivity index (χ4n) is 4.94. The molecule has 0 saturated carbocycles. The van der Waals surface area contributed by atoms with Crippen LogP contribution in [0.2, 0.25) is 0 Å². The molecule has 0 bridgehead atoms. The fraction of sp³-hybridized carbons (Fsp3) is 0.241. The first kappa shape index (κ1) is 24.4. The number of nitrogens with one attached hydrogen (secondary N) is 1. The number of nitrogens with zero attached hydrogens (tertiary/aromatic N) is 5. The second-order valence-corrected chi connectivity index (χ2v) is 9.06. The Labute approximate surface area is 216 Å². The van der Waals surface area contributed by atoms with E-state index in [-0.39, 0.29) is 22.5 Å². The van der Waals surface area contributed by atoms with Crippen LogP contribution in [-0.4, -0.2) is 52.5 Å². The SMILES string of the molecule is O=[N+]([O-])c1c(NCCc2ccccc2)ncnc1N1CCN(C(c2ccccc2)c2ccccc2)CC1. The van der Waals surface area contributed by atoms with Gasteiger partial charge in [0.25, 0.3) is 0 Å². The normalized spacial score (nSPS) is 14.0. The molecule has 0 atom stereocenters. The second-order valence-electron chi connectivity index (χ2n) is 9.06. The third-order valence-electron chi connectivity index (χ3n) is 6.74. The quantitative estimate of drug-likeness (QED) is 0.260. The molecule has 0 unspecified atom stereocenters. The predicted octanol–water partition coefficient (Wildman–Crippen LogP) is 4.95. The topological polar surface area (TPSA) is 87.4 Å². The minimum absolute atomic E-state index is 0.0633. The molecule has 3 aromatic carbocycles. The Hall–Kier alpha value is -4.30. The van der Waals surface area contributed by atoms with Gasteiger partial charge in [-0.15, -0.1) is 0 Å². The Balaban J connectivity index is 1.32. The van der Waals surface area contributed by atoms with Crippen LogP contribution in [0.15, 0.2) is 97.3 Å². The van der Waals surface area contributed by atoms with Crippen molar-refractivity contribution < 1.29 is 4.92 Å². The molecule has 1 aromatic heterocycles. The van der Waals surface area contributed by atoms with Gasteiger partial charge in [0, 0.05) is 32.7 Å². The molecule has 1 fully saturated rings. The molecule has 5 rings (SSSR count). The molecule has 1 aliphatic rings.